The Labute approximate surface area is 121 Å². The summed E-state index contributed by atoms with van der Waals surface area (Å²) in [6.45, 7) is 7.66. The lowest BCUT2D eigenvalue weighted by atomic mass is 10.1. The van der Waals surface area contributed by atoms with Crippen LogP contribution in [0.3, 0.4) is 0 Å². The van der Waals surface area contributed by atoms with E-state index in [1.54, 1.807) is 0 Å². The number of carbonyl (C=O) groups excluding carboxylic acids is 1. The van der Waals surface area contributed by atoms with Gasteiger partial charge >= 0.3 is 0 Å². The van der Waals surface area contributed by atoms with Crippen LogP contribution in [0, 0.1) is 17.8 Å². The first kappa shape index (κ1) is 16.3. The summed E-state index contributed by atoms with van der Waals surface area (Å²) >= 11 is 0. The Hall–Kier alpha value is -1.79. The monoisotopic (exact) mass is 273 g/mol. The predicted octanol–water partition coefficient (Wildman–Crippen LogP) is 2.54. The predicted molar refractivity (Wildman–Crippen MR) is 81.4 cm³/mol. The zero-order valence-corrected chi connectivity index (χ0v) is 12.5. The van der Waals surface area contributed by atoms with Gasteiger partial charge in [0.15, 0.2) is 0 Å². The molecule has 0 fully saturated rings. The molecule has 0 unspecified atom stereocenters. The van der Waals surface area contributed by atoms with E-state index >= 15 is 0 Å². The summed E-state index contributed by atoms with van der Waals surface area (Å²) in [4.78, 5) is 14.4. The van der Waals surface area contributed by atoms with Gasteiger partial charge in [-0.3, -0.25) is 4.79 Å². The molecule has 3 nitrogen and oxygen atoms in total. The topological polar surface area (TPSA) is 40.5 Å². The van der Waals surface area contributed by atoms with E-state index in [9.17, 15) is 4.79 Å². The minimum absolute atomic E-state index is 0.0232. The van der Waals surface area contributed by atoms with Crippen LogP contribution in [-0.4, -0.2) is 35.6 Å². The van der Waals surface area contributed by atoms with E-state index in [0.29, 0.717) is 24.4 Å². The third-order valence-electron chi connectivity index (χ3n) is 2.87. The van der Waals surface area contributed by atoms with Crippen LogP contribution in [0.25, 0.3) is 0 Å². The number of aliphatic hydroxyl groups is 1. The van der Waals surface area contributed by atoms with Crippen molar-refractivity contribution in [2.75, 3.05) is 19.7 Å². The molecule has 1 amide bonds. The fourth-order valence-electron chi connectivity index (χ4n) is 1.96. The smallest absolute Gasteiger partial charge is 0.255 e. The van der Waals surface area contributed by atoms with Crippen LogP contribution in [0.5, 0.6) is 0 Å². The number of amides is 1. The van der Waals surface area contributed by atoms with Gasteiger partial charge in [0.2, 0.25) is 0 Å². The van der Waals surface area contributed by atoms with Crippen LogP contribution in [0.4, 0.5) is 0 Å². The number of benzene rings is 1. The van der Waals surface area contributed by atoms with Crippen molar-refractivity contribution in [3.8, 4) is 11.8 Å². The van der Waals surface area contributed by atoms with Crippen molar-refractivity contribution in [3.63, 3.8) is 0 Å². The molecule has 0 aliphatic rings. The second kappa shape index (κ2) is 8.39. The van der Waals surface area contributed by atoms with Gasteiger partial charge < -0.3 is 10.0 Å². The first-order chi connectivity index (χ1) is 9.60. The standard InChI is InChI=1S/C17H23NO2/c1-4-18(13-14(2)3)17(20)16-11-6-5-9-15(16)10-7-8-12-19/h5-6,9,11,14,19H,4,8,12-13H2,1-3H3. The van der Waals surface area contributed by atoms with Gasteiger partial charge in [-0.2, -0.15) is 0 Å². The first-order valence-corrected chi connectivity index (χ1v) is 7.08. The lowest BCUT2D eigenvalue weighted by molar-refractivity contribution is 0.0745. The molecule has 0 heterocycles. The molecule has 3 heteroatoms. The molecule has 108 valence electrons. The molecule has 1 N–H and O–H groups in total. The maximum absolute atomic E-state index is 12.6. The fourth-order valence-corrected chi connectivity index (χ4v) is 1.96. The number of hydrogen-bond acceptors (Lipinski definition) is 2. The molecule has 1 rings (SSSR count). The minimum atomic E-state index is 0.0232. The number of hydrogen-bond donors (Lipinski definition) is 1. The molecular weight excluding hydrogens is 250 g/mol. The summed E-state index contributed by atoms with van der Waals surface area (Å²) in [6.07, 6.45) is 0.423. The first-order valence-electron chi connectivity index (χ1n) is 7.08. The number of aliphatic hydroxyl groups excluding tert-OH is 1. The highest BCUT2D eigenvalue weighted by Crippen LogP contribution is 2.12. The third kappa shape index (κ3) is 4.71. The molecule has 0 saturated heterocycles. The molecule has 0 aliphatic carbocycles. The number of rotatable bonds is 5. The van der Waals surface area contributed by atoms with Crippen LogP contribution < -0.4 is 0 Å². The number of nitrogens with zero attached hydrogens (tertiary/aromatic N) is 1. The quantitative estimate of drug-likeness (QED) is 0.838. The summed E-state index contributed by atoms with van der Waals surface area (Å²) < 4.78 is 0. The molecule has 20 heavy (non-hydrogen) atoms. The molecule has 0 aromatic heterocycles. The molecule has 0 aliphatic heterocycles. The van der Waals surface area contributed by atoms with Gasteiger partial charge in [-0.15, -0.1) is 0 Å². The molecular formula is C17H23NO2. The fraction of sp³-hybridized carbons (Fsp3) is 0.471. The maximum Gasteiger partial charge on any atom is 0.255 e. The average Bonchev–Trinajstić information content (AvgIpc) is 2.44. The molecule has 0 bridgehead atoms. The summed E-state index contributed by atoms with van der Waals surface area (Å²) in [6, 6.07) is 7.39. The van der Waals surface area contributed by atoms with Gasteiger partial charge in [-0.05, 0) is 25.0 Å². The van der Waals surface area contributed by atoms with Gasteiger partial charge in [0.05, 0.1) is 12.2 Å². The number of carbonyl (C=O) groups is 1. The van der Waals surface area contributed by atoms with Crippen molar-refractivity contribution in [2.24, 2.45) is 5.92 Å². The average molecular weight is 273 g/mol. The SMILES string of the molecule is CCN(CC(C)C)C(=O)c1ccccc1C#CCCO. The Kier molecular flexibility index (Phi) is 6.83. The van der Waals surface area contributed by atoms with E-state index in [1.165, 1.54) is 0 Å². The van der Waals surface area contributed by atoms with E-state index in [1.807, 2.05) is 36.1 Å². The lowest BCUT2D eigenvalue weighted by Crippen LogP contribution is -2.34. The van der Waals surface area contributed by atoms with E-state index < -0.39 is 0 Å². The van der Waals surface area contributed by atoms with E-state index in [-0.39, 0.29) is 12.5 Å². The maximum atomic E-state index is 12.6. The van der Waals surface area contributed by atoms with Gasteiger partial charge in [-0.1, -0.05) is 37.8 Å². The molecule has 1 aromatic rings. The molecule has 1 aromatic carbocycles. The Morgan fingerprint density at radius 1 is 1.35 bits per heavy atom. The Balaban J connectivity index is 3.00. The van der Waals surface area contributed by atoms with Gasteiger partial charge in [0.25, 0.3) is 5.91 Å². The van der Waals surface area contributed by atoms with Crippen LogP contribution in [0.15, 0.2) is 24.3 Å². The van der Waals surface area contributed by atoms with Gasteiger partial charge in [-0.25, -0.2) is 0 Å². The summed E-state index contributed by atoms with van der Waals surface area (Å²) in [5, 5.41) is 8.77. The van der Waals surface area contributed by atoms with E-state index in [4.69, 9.17) is 5.11 Å². The highest BCUT2D eigenvalue weighted by atomic mass is 16.2. The zero-order valence-electron chi connectivity index (χ0n) is 12.5. The zero-order chi connectivity index (χ0) is 15.0. The van der Waals surface area contributed by atoms with E-state index in [0.717, 1.165) is 12.1 Å². The molecule has 0 saturated carbocycles. The van der Waals surface area contributed by atoms with Crippen LogP contribution in [0.2, 0.25) is 0 Å². The summed E-state index contributed by atoms with van der Waals surface area (Å²) in [5.41, 5.74) is 1.37. The van der Waals surface area contributed by atoms with Crippen molar-refractivity contribution in [3.05, 3.63) is 35.4 Å². The van der Waals surface area contributed by atoms with Crippen molar-refractivity contribution < 1.29 is 9.90 Å². The van der Waals surface area contributed by atoms with Crippen molar-refractivity contribution in [1.29, 1.82) is 0 Å². The Morgan fingerprint density at radius 3 is 2.65 bits per heavy atom. The molecule has 0 spiro atoms. The third-order valence-corrected chi connectivity index (χ3v) is 2.87. The second-order valence-corrected chi connectivity index (χ2v) is 5.06. The van der Waals surface area contributed by atoms with E-state index in [2.05, 4.69) is 25.7 Å². The van der Waals surface area contributed by atoms with Crippen molar-refractivity contribution in [2.45, 2.75) is 27.2 Å². The van der Waals surface area contributed by atoms with Crippen LogP contribution in [-0.2, 0) is 0 Å². The highest BCUT2D eigenvalue weighted by molar-refractivity contribution is 5.96. The minimum Gasteiger partial charge on any atom is -0.395 e. The Morgan fingerprint density at radius 2 is 2.05 bits per heavy atom. The molecule has 0 radical (unpaired) electrons. The Bertz CT molecular complexity index is 497. The van der Waals surface area contributed by atoms with Crippen molar-refractivity contribution >= 4 is 5.91 Å². The van der Waals surface area contributed by atoms with Crippen LogP contribution >= 0.6 is 0 Å². The normalized spacial score (nSPS) is 10.1. The van der Waals surface area contributed by atoms with Gasteiger partial charge in [0, 0.05) is 25.1 Å². The van der Waals surface area contributed by atoms with Crippen molar-refractivity contribution in [1.82, 2.24) is 4.90 Å². The van der Waals surface area contributed by atoms with Gasteiger partial charge in [0.1, 0.15) is 0 Å². The van der Waals surface area contributed by atoms with Crippen LogP contribution in [0.1, 0.15) is 43.1 Å². The largest absolute Gasteiger partial charge is 0.395 e. The summed E-state index contributed by atoms with van der Waals surface area (Å²) in [7, 11) is 0. The summed E-state index contributed by atoms with van der Waals surface area (Å²) in [5.74, 6) is 6.30. The second-order valence-electron chi connectivity index (χ2n) is 5.06. The molecule has 0 atom stereocenters. The highest BCUT2D eigenvalue weighted by Gasteiger charge is 2.17. The lowest BCUT2D eigenvalue weighted by Gasteiger charge is -2.23.